The molecular weight excluding hydrogens is 262 g/mol. The summed E-state index contributed by atoms with van der Waals surface area (Å²) in [4.78, 5) is 9.04. The van der Waals surface area contributed by atoms with E-state index in [0.717, 1.165) is 18.8 Å². The third-order valence-corrected chi connectivity index (χ3v) is 4.29. The van der Waals surface area contributed by atoms with Crippen LogP contribution in [0.5, 0.6) is 0 Å². The maximum Gasteiger partial charge on any atom is 0.0825 e. The molecule has 0 spiro atoms. The molecule has 0 aliphatic carbocycles. The molecular formula is C18H37NO2. The predicted octanol–water partition coefficient (Wildman–Crippen LogP) is 4.73. The van der Waals surface area contributed by atoms with Crippen LogP contribution in [-0.4, -0.2) is 26.8 Å². The minimum atomic E-state index is 0.580. The van der Waals surface area contributed by atoms with Crippen LogP contribution >= 0.6 is 0 Å². The Labute approximate surface area is 132 Å². The Balaban J connectivity index is 0.000000400. The summed E-state index contributed by atoms with van der Waals surface area (Å²) in [6, 6.07) is 0. The summed E-state index contributed by atoms with van der Waals surface area (Å²) in [7, 11) is 1.51. The van der Waals surface area contributed by atoms with Crippen molar-refractivity contribution in [1.29, 1.82) is 0 Å². The van der Waals surface area contributed by atoms with Gasteiger partial charge in [-0.2, -0.15) is 0 Å². The Morgan fingerprint density at radius 1 is 1.29 bits per heavy atom. The number of nitrogens with one attached hydrogen (secondary N) is 1. The second-order valence-electron chi connectivity index (χ2n) is 6.81. The van der Waals surface area contributed by atoms with Crippen LogP contribution in [0.15, 0.2) is 12.2 Å². The van der Waals surface area contributed by atoms with Gasteiger partial charge in [0, 0.05) is 0 Å². The Hall–Kier alpha value is -0.380. The molecule has 3 heteroatoms. The Morgan fingerprint density at radius 2 is 1.90 bits per heavy atom. The molecule has 0 unspecified atom stereocenters. The van der Waals surface area contributed by atoms with Crippen molar-refractivity contribution in [3.63, 3.8) is 0 Å². The second kappa shape index (κ2) is 12.2. The normalized spacial score (nSPS) is 16.2. The lowest BCUT2D eigenvalue weighted by molar-refractivity contribution is -0.272. The number of rotatable bonds is 8. The Kier molecular flexibility index (Phi) is 12.0. The fourth-order valence-electron chi connectivity index (χ4n) is 2.97. The van der Waals surface area contributed by atoms with Crippen LogP contribution in [0.4, 0.5) is 0 Å². The first-order valence-corrected chi connectivity index (χ1v) is 8.44. The molecule has 0 atom stereocenters. The predicted molar refractivity (Wildman–Crippen MR) is 91.3 cm³/mol. The van der Waals surface area contributed by atoms with Crippen LogP contribution in [0.1, 0.15) is 66.2 Å². The summed E-state index contributed by atoms with van der Waals surface area (Å²) in [6.07, 6.45) is 7.49. The van der Waals surface area contributed by atoms with Gasteiger partial charge in [-0.25, -0.2) is 9.78 Å². The van der Waals surface area contributed by atoms with Gasteiger partial charge in [0.2, 0.25) is 0 Å². The van der Waals surface area contributed by atoms with E-state index >= 15 is 0 Å². The van der Waals surface area contributed by atoms with Gasteiger partial charge in [-0.1, -0.05) is 32.8 Å². The molecule has 0 radical (unpaired) electrons. The van der Waals surface area contributed by atoms with Gasteiger partial charge in [-0.15, -0.1) is 6.58 Å². The average molecular weight is 299 g/mol. The highest BCUT2D eigenvalue weighted by Gasteiger charge is 2.29. The van der Waals surface area contributed by atoms with Crippen molar-refractivity contribution in [1.82, 2.24) is 5.32 Å². The Morgan fingerprint density at radius 3 is 2.38 bits per heavy atom. The van der Waals surface area contributed by atoms with Gasteiger partial charge < -0.3 is 5.32 Å². The van der Waals surface area contributed by atoms with Gasteiger partial charge in [-0.05, 0) is 63.5 Å². The third kappa shape index (κ3) is 10.9. The summed E-state index contributed by atoms with van der Waals surface area (Å²) in [6.45, 7) is 16.1. The van der Waals surface area contributed by atoms with Crippen molar-refractivity contribution in [2.45, 2.75) is 66.2 Å². The molecule has 1 rings (SSSR count). The first-order chi connectivity index (χ1) is 9.94. The monoisotopic (exact) mass is 299 g/mol. The molecule has 0 aromatic carbocycles. The summed E-state index contributed by atoms with van der Waals surface area (Å²) >= 11 is 0. The molecule has 21 heavy (non-hydrogen) atoms. The first-order valence-electron chi connectivity index (χ1n) is 8.44. The van der Waals surface area contributed by atoms with Crippen molar-refractivity contribution in [3.05, 3.63) is 12.2 Å². The highest BCUT2D eigenvalue weighted by molar-refractivity contribution is 4.86. The van der Waals surface area contributed by atoms with E-state index in [-0.39, 0.29) is 0 Å². The minimum absolute atomic E-state index is 0.580. The van der Waals surface area contributed by atoms with Gasteiger partial charge in [0.05, 0.1) is 13.7 Å². The van der Waals surface area contributed by atoms with E-state index in [1.807, 2.05) is 6.92 Å². The first kappa shape index (κ1) is 20.6. The number of allylic oxidation sites excluding steroid dienone is 1. The molecule has 3 nitrogen and oxygen atoms in total. The lowest BCUT2D eigenvalue weighted by Gasteiger charge is -2.37. The van der Waals surface area contributed by atoms with Crippen LogP contribution in [0.2, 0.25) is 0 Å². The summed E-state index contributed by atoms with van der Waals surface area (Å²) in [5.41, 5.74) is 1.77. The summed E-state index contributed by atoms with van der Waals surface area (Å²) < 4.78 is 0. The highest BCUT2D eigenvalue weighted by atomic mass is 17.2. The molecule has 1 fully saturated rings. The summed E-state index contributed by atoms with van der Waals surface area (Å²) in [5, 5.41) is 3.43. The van der Waals surface area contributed by atoms with E-state index in [0.29, 0.717) is 12.0 Å². The van der Waals surface area contributed by atoms with Crippen LogP contribution < -0.4 is 5.32 Å². The van der Waals surface area contributed by atoms with Gasteiger partial charge in [0.15, 0.2) is 0 Å². The van der Waals surface area contributed by atoms with Crippen molar-refractivity contribution in [2.75, 3.05) is 26.8 Å². The van der Waals surface area contributed by atoms with E-state index in [1.54, 1.807) is 0 Å². The van der Waals surface area contributed by atoms with Crippen LogP contribution in [-0.2, 0) is 9.78 Å². The van der Waals surface area contributed by atoms with Crippen molar-refractivity contribution in [2.24, 2.45) is 11.3 Å². The number of hydrogen-bond donors (Lipinski definition) is 1. The summed E-state index contributed by atoms with van der Waals surface area (Å²) in [5.74, 6) is 0.957. The van der Waals surface area contributed by atoms with Gasteiger partial charge in [0.1, 0.15) is 0 Å². The SMILES string of the molecule is C=C(C)CCCOOC.CCCC(C)(C)C1CCNCC1. The van der Waals surface area contributed by atoms with Gasteiger partial charge >= 0.3 is 0 Å². The quantitative estimate of drug-likeness (QED) is 0.304. The van der Waals surface area contributed by atoms with Crippen LogP contribution in [0.3, 0.4) is 0 Å². The zero-order valence-corrected chi connectivity index (χ0v) is 15.0. The zero-order valence-electron chi connectivity index (χ0n) is 15.0. The molecule has 0 aromatic rings. The third-order valence-electron chi connectivity index (χ3n) is 4.29. The molecule has 0 saturated carbocycles. The zero-order chi connectivity index (χ0) is 16.1. The molecule has 0 amide bonds. The maximum absolute atomic E-state index is 4.64. The Bertz CT molecular complexity index is 258. The lowest BCUT2D eigenvalue weighted by atomic mass is 9.71. The topological polar surface area (TPSA) is 30.5 Å². The molecule has 126 valence electrons. The molecule has 1 heterocycles. The standard InChI is InChI=1S/C11H23N.C7H14O2/c1-4-7-11(2,3)10-5-8-12-9-6-10;1-7(2)5-4-6-9-8-3/h10,12H,4-9H2,1-3H3;1,4-6H2,2-3H3. The van der Waals surface area contributed by atoms with Gasteiger partial charge in [0.25, 0.3) is 0 Å². The fourth-order valence-corrected chi connectivity index (χ4v) is 2.97. The lowest BCUT2D eigenvalue weighted by Crippen LogP contribution is -2.35. The van der Waals surface area contributed by atoms with Crippen molar-refractivity contribution in [3.8, 4) is 0 Å². The number of hydrogen-bond acceptors (Lipinski definition) is 3. The molecule has 1 aliphatic rings. The van der Waals surface area contributed by atoms with E-state index < -0.39 is 0 Å². The molecule has 1 N–H and O–H groups in total. The van der Waals surface area contributed by atoms with Crippen molar-refractivity contribution < 1.29 is 9.78 Å². The highest BCUT2D eigenvalue weighted by Crippen LogP contribution is 2.37. The molecule has 1 saturated heterocycles. The molecule has 1 aliphatic heterocycles. The number of piperidine rings is 1. The van der Waals surface area contributed by atoms with E-state index in [1.165, 1.54) is 51.5 Å². The second-order valence-corrected chi connectivity index (χ2v) is 6.81. The largest absolute Gasteiger partial charge is 0.317 e. The fraction of sp³-hybridized carbons (Fsp3) is 0.889. The maximum atomic E-state index is 4.64. The van der Waals surface area contributed by atoms with E-state index in [2.05, 4.69) is 42.4 Å². The smallest absolute Gasteiger partial charge is 0.0825 e. The van der Waals surface area contributed by atoms with Crippen LogP contribution in [0.25, 0.3) is 0 Å². The van der Waals surface area contributed by atoms with Gasteiger partial charge in [-0.3, -0.25) is 0 Å². The van der Waals surface area contributed by atoms with Crippen molar-refractivity contribution >= 4 is 0 Å². The minimum Gasteiger partial charge on any atom is -0.317 e. The molecule has 0 aromatic heterocycles. The average Bonchev–Trinajstić information content (AvgIpc) is 2.45. The molecule has 0 bridgehead atoms. The van der Waals surface area contributed by atoms with E-state index in [4.69, 9.17) is 0 Å². The van der Waals surface area contributed by atoms with E-state index in [9.17, 15) is 0 Å². The van der Waals surface area contributed by atoms with Crippen LogP contribution in [0, 0.1) is 11.3 Å².